The molecule has 3 rings (SSSR count). The number of benzene rings is 3. The number of hydrogen-bond acceptors (Lipinski definition) is 4. The number of carbonyl (C=O) groups excluding carboxylic acids is 2. The van der Waals surface area contributed by atoms with Crippen LogP contribution in [0.5, 0.6) is 5.75 Å². The van der Waals surface area contributed by atoms with Crippen molar-refractivity contribution in [3.05, 3.63) is 87.5 Å². The van der Waals surface area contributed by atoms with Crippen LogP contribution in [-0.4, -0.2) is 23.5 Å². The largest absolute Gasteiger partial charge is 0.507 e. The van der Waals surface area contributed by atoms with E-state index in [9.17, 15) is 14.7 Å². The Bertz CT molecular complexity index is 934. The summed E-state index contributed by atoms with van der Waals surface area (Å²) in [7, 11) is 0. The number of phenolic OH excluding ortho intramolecular Hbond substituents is 1. The first-order valence-electron chi connectivity index (χ1n) is 7.89. The number of rotatable bonds is 5. The molecule has 26 heavy (non-hydrogen) atoms. The van der Waals surface area contributed by atoms with Crippen LogP contribution in [0.2, 0.25) is 0 Å². The summed E-state index contributed by atoms with van der Waals surface area (Å²) in [6.45, 7) is -0.381. The van der Waals surface area contributed by atoms with Crippen molar-refractivity contribution in [2.24, 2.45) is 0 Å². The highest BCUT2D eigenvalue weighted by Gasteiger charge is 2.15. The first-order chi connectivity index (χ1) is 12.5. The Hall–Kier alpha value is -2.67. The van der Waals surface area contributed by atoms with Gasteiger partial charge in [-0.2, -0.15) is 0 Å². The summed E-state index contributed by atoms with van der Waals surface area (Å²) < 4.78 is 5.83. The molecule has 0 atom stereocenters. The van der Waals surface area contributed by atoms with Crippen molar-refractivity contribution >= 4 is 34.3 Å². The third-order valence-corrected chi connectivity index (χ3v) is 4.50. The van der Waals surface area contributed by atoms with Crippen LogP contribution in [-0.2, 0) is 4.74 Å². The Morgan fingerprint density at radius 3 is 2.23 bits per heavy atom. The molecule has 0 saturated carbocycles. The second kappa shape index (κ2) is 8.14. The van der Waals surface area contributed by atoms with Crippen LogP contribution >= 0.6 is 22.6 Å². The van der Waals surface area contributed by atoms with Crippen molar-refractivity contribution in [3.8, 4) is 16.9 Å². The molecule has 1 N–H and O–H groups in total. The summed E-state index contributed by atoms with van der Waals surface area (Å²) in [5.74, 6) is -1.20. The van der Waals surface area contributed by atoms with Crippen LogP contribution < -0.4 is 0 Å². The Balaban J connectivity index is 1.65. The van der Waals surface area contributed by atoms with Crippen LogP contribution in [0.4, 0.5) is 0 Å². The molecule has 0 amide bonds. The van der Waals surface area contributed by atoms with Crippen LogP contribution in [0.25, 0.3) is 11.1 Å². The van der Waals surface area contributed by atoms with Crippen molar-refractivity contribution in [2.45, 2.75) is 0 Å². The van der Waals surface area contributed by atoms with Crippen LogP contribution in [0.1, 0.15) is 20.7 Å². The maximum atomic E-state index is 12.2. The van der Waals surface area contributed by atoms with E-state index in [0.717, 1.165) is 14.7 Å². The van der Waals surface area contributed by atoms with Gasteiger partial charge >= 0.3 is 5.97 Å². The second-order valence-electron chi connectivity index (χ2n) is 5.60. The number of esters is 1. The maximum Gasteiger partial charge on any atom is 0.342 e. The summed E-state index contributed by atoms with van der Waals surface area (Å²) in [5.41, 5.74) is 2.57. The van der Waals surface area contributed by atoms with Gasteiger partial charge in [0.1, 0.15) is 11.3 Å². The van der Waals surface area contributed by atoms with Gasteiger partial charge in [-0.25, -0.2) is 4.79 Å². The standard InChI is InChI=1S/C21H15IO4/c22-17-10-11-19(23)18(12-17)21(25)26-13-20(24)16-8-6-15(7-9-16)14-4-2-1-3-5-14/h1-12,23H,13H2. The molecule has 0 aromatic heterocycles. The molecular weight excluding hydrogens is 443 g/mol. The molecule has 0 bridgehead atoms. The normalized spacial score (nSPS) is 10.3. The van der Waals surface area contributed by atoms with E-state index in [2.05, 4.69) is 0 Å². The van der Waals surface area contributed by atoms with E-state index in [0.29, 0.717) is 5.56 Å². The second-order valence-corrected chi connectivity index (χ2v) is 6.85. The van der Waals surface area contributed by atoms with Gasteiger partial charge in [-0.05, 0) is 51.9 Å². The lowest BCUT2D eigenvalue weighted by molar-refractivity contribution is 0.0471. The zero-order valence-corrected chi connectivity index (χ0v) is 15.8. The minimum Gasteiger partial charge on any atom is -0.507 e. The van der Waals surface area contributed by atoms with Gasteiger partial charge in [0.15, 0.2) is 12.4 Å². The lowest BCUT2D eigenvalue weighted by Crippen LogP contribution is -2.14. The molecule has 5 heteroatoms. The Morgan fingerprint density at radius 1 is 0.885 bits per heavy atom. The number of Topliss-reactive ketones (excluding diaryl/α,β-unsaturated/α-hetero) is 1. The number of halogens is 1. The van der Waals surface area contributed by atoms with Gasteiger partial charge in [0.25, 0.3) is 0 Å². The molecule has 0 fully saturated rings. The van der Waals surface area contributed by atoms with Gasteiger partial charge in [-0.3, -0.25) is 4.79 Å². The van der Waals surface area contributed by atoms with Gasteiger partial charge in [0, 0.05) is 9.13 Å². The van der Waals surface area contributed by atoms with Crippen molar-refractivity contribution in [1.29, 1.82) is 0 Å². The lowest BCUT2D eigenvalue weighted by atomic mass is 10.0. The molecule has 0 unspecified atom stereocenters. The van der Waals surface area contributed by atoms with E-state index >= 15 is 0 Å². The first-order valence-corrected chi connectivity index (χ1v) is 8.97. The summed E-state index contributed by atoms with van der Waals surface area (Å²) in [6, 6.07) is 21.6. The third kappa shape index (κ3) is 4.29. The highest BCUT2D eigenvalue weighted by Crippen LogP contribution is 2.21. The van der Waals surface area contributed by atoms with E-state index in [1.165, 1.54) is 12.1 Å². The minimum atomic E-state index is -0.727. The Kier molecular flexibility index (Phi) is 5.68. The zero-order chi connectivity index (χ0) is 18.5. The fourth-order valence-electron chi connectivity index (χ4n) is 2.44. The zero-order valence-electron chi connectivity index (χ0n) is 13.7. The van der Waals surface area contributed by atoms with Gasteiger partial charge in [-0.1, -0.05) is 54.6 Å². The number of carbonyl (C=O) groups is 2. The number of aromatic hydroxyl groups is 1. The molecule has 130 valence electrons. The van der Waals surface area contributed by atoms with Crippen LogP contribution in [0.15, 0.2) is 72.8 Å². The topological polar surface area (TPSA) is 63.6 Å². The molecule has 0 saturated heterocycles. The predicted molar refractivity (Wildman–Crippen MR) is 107 cm³/mol. The molecular formula is C21H15IO4. The Morgan fingerprint density at radius 2 is 1.54 bits per heavy atom. The van der Waals surface area contributed by atoms with Gasteiger partial charge in [0.05, 0.1) is 0 Å². The van der Waals surface area contributed by atoms with E-state index < -0.39 is 5.97 Å². The minimum absolute atomic E-state index is 0.0455. The monoisotopic (exact) mass is 458 g/mol. The summed E-state index contributed by atoms with van der Waals surface area (Å²) in [4.78, 5) is 24.3. The lowest BCUT2D eigenvalue weighted by Gasteiger charge is -2.07. The predicted octanol–water partition coefficient (Wildman–Crippen LogP) is 4.70. The van der Waals surface area contributed by atoms with Gasteiger partial charge in [-0.15, -0.1) is 0 Å². The first kappa shape index (κ1) is 18.1. The molecule has 4 nitrogen and oxygen atoms in total. The van der Waals surface area contributed by atoms with E-state index in [-0.39, 0.29) is 23.7 Å². The van der Waals surface area contributed by atoms with Crippen LogP contribution in [0.3, 0.4) is 0 Å². The van der Waals surface area contributed by atoms with E-state index in [1.54, 1.807) is 18.2 Å². The number of ether oxygens (including phenoxy) is 1. The summed E-state index contributed by atoms with van der Waals surface area (Å²) in [5, 5.41) is 9.74. The van der Waals surface area contributed by atoms with Gasteiger partial charge in [0.2, 0.25) is 0 Å². The Labute approximate surface area is 164 Å². The molecule has 3 aromatic rings. The van der Waals surface area contributed by atoms with E-state index in [1.807, 2.05) is 65.1 Å². The SMILES string of the molecule is O=C(COC(=O)c1cc(I)ccc1O)c1ccc(-c2ccccc2)cc1. The quantitative estimate of drug-likeness (QED) is 0.342. The molecule has 0 aliphatic rings. The van der Waals surface area contributed by atoms with Crippen molar-refractivity contribution in [3.63, 3.8) is 0 Å². The van der Waals surface area contributed by atoms with E-state index in [4.69, 9.17) is 4.74 Å². The summed E-state index contributed by atoms with van der Waals surface area (Å²) in [6.07, 6.45) is 0. The average Bonchev–Trinajstić information content (AvgIpc) is 2.68. The highest BCUT2D eigenvalue weighted by molar-refractivity contribution is 14.1. The number of hydrogen-bond donors (Lipinski definition) is 1. The fourth-order valence-corrected chi connectivity index (χ4v) is 2.93. The molecule has 0 radical (unpaired) electrons. The van der Waals surface area contributed by atoms with Crippen molar-refractivity contribution in [1.82, 2.24) is 0 Å². The highest BCUT2D eigenvalue weighted by atomic mass is 127. The molecule has 0 heterocycles. The molecule has 0 spiro atoms. The third-order valence-electron chi connectivity index (χ3n) is 3.83. The number of ketones is 1. The smallest absolute Gasteiger partial charge is 0.342 e. The maximum absolute atomic E-state index is 12.2. The van der Waals surface area contributed by atoms with Gasteiger partial charge < -0.3 is 9.84 Å². The summed E-state index contributed by atoms with van der Waals surface area (Å²) >= 11 is 2.03. The van der Waals surface area contributed by atoms with Crippen molar-refractivity contribution in [2.75, 3.05) is 6.61 Å². The number of phenols is 1. The fraction of sp³-hybridized carbons (Fsp3) is 0.0476. The molecule has 0 aliphatic heterocycles. The van der Waals surface area contributed by atoms with Crippen molar-refractivity contribution < 1.29 is 19.4 Å². The molecule has 0 aliphatic carbocycles. The molecule has 3 aromatic carbocycles. The average molecular weight is 458 g/mol. The van der Waals surface area contributed by atoms with Crippen LogP contribution in [0, 0.1) is 3.57 Å².